The number of hydrogen-bond acceptors (Lipinski definition) is 4. The van der Waals surface area contributed by atoms with Crippen molar-refractivity contribution in [1.82, 2.24) is 4.72 Å². The molecule has 1 N–H and O–H groups in total. The van der Waals surface area contributed by atoms with Gasteiger partial charge in [-0.25, -0.2) is 13.1 Å². The van der Waals surface area contributed by atoms with Gasteiger partial charge in [0.2, 0.25) is 10.0 Å². The van der Waals surface area contributed by atoms with E-state index in [4.69, 9.17) is 11.6 Å². The normalized spacial score (nSPS) is 11.3. The molecule has 0 aliphatic heterocycles. The summed E-state index contributed by atoms with van der Waals surface area (Å²) >= 11 is 6.04. The highest BCUT2D eigenvalue weighted by atomic mass is 35.5. The molecule has 0 atom stereocenters. The third-order valence-corrected chi connectivity index (χ3v) is 5.08. The molecular formula is C15H15ClN2O4S. The molecule has 2 rings (SSSR count). The van der Waals surface area contributed by atoms with Crippen LogP contribution in [0.4, 0.5) is 5.69 Å². The molecule has 0 bridgehead atoms. The van der Waals surface area contributed by atoms with E-state index in [1.165, 1.54) is 12.1 Å². The maximum absolute atomic E-state index is 12.1. The van der Waals surface area contributed by atoms with Crippen molar-refractivity contribution in [3.63, 3.8) is 0 Å². The molecule has 23 heavy (non-hydrogen) atoms. The Morgan fingerprint density at radius 1 is 1.09 bits per heavy atom. The van der Waals surface area contributed by atoms with E-state index in [2.05, 4.69) is 4.72 Å². The minimum Gasteiger partial charge on any atom is -0.258 e. The smallest absolute Gasteiger partial charge is 0.258 e. The number of halogens is 1. The molecule has 0 unspecified atom stereocenters. The molecule has 0 radical (unpaired) electrons. The molecule has 2 aromatic carbocycles. The van der Waals surface area contributed by atoms with E-state index in [9.17, 15) is 18.5 Å². The fourth-order valence-electron chi connectivity index (χ4n) is 2.02. The van der Waals surface area contributed by atoms with Gasteiger partial charge in [0.05, 0.1) is 9.82 Å². The monoisotopic (exact) mass is 354 g/mol. The van der Waals surface area contributed by atoms with Crippen LogP contribution in [0.25, 0.3) is 0 Å². The van der Waals surface area contributed by atoms with Crippen LogP contribution in [0.15, 0.2) is 53.4 Å². The Morgan fingerprint density at radius 3 is 2.35 bits per heavy atom. The maximum Gasteiger partial charge on any atom is 0.269 e. The highest BCUT2D eigenvalue weighted by molar-refractivity contribution is 7.89. The number of aryl methyl sites for hydroxylation is 1. The van der Waals surface area contributed by atoms with Gasteiger partial charge in [-0.1, -0.05) is 29.8 Å². The van der Waals surface area contributed by atoms with Gasteiger partial charge in [-0.15, -0.1) is 0 Å². The van der Waals surface area contributed by atoms with Crippen molar-refractivity contribution >= 4 is 27.3 Å². The fraction of sp³-hybridized carbons (Fsp3) is 0.200. The first-order valence-corrected chi connectivity index (χ1v) is 8.74. The zero-order chi connectivity index (χ0) is 16.9. The minimum absolute atomic E-state index is 0.000781. The van der Waals surface area contributed by atoms with Crippen molar-refractivity contribution in [1.29, 1.82) is 0 Å². The number of nitrogens with one attached hydrogen (secondary N) is 1. The van der Waals surface area contributed by atoms with E-state index in [1.807, 2.05) is 18.2 Å². The molecule has 6 nitrogen and oxygen atoms in total. The zero-order valence-electron chi connectivity index (χ0n) is 12.1. The van der Waals surface area contributed by atoms with Crippen LogP contribution in [0.5, 0.6) is 0 Å². The second-order valence-corrected chi connectivity index (χ2v) is 7.02. The van der Waals surface area contributed by atoms with Crippen LogP contribution in [-0.2, 0) is 16.4 Å². The first kappa shape index (κ1) is 17.4. The summed E-state index contributed by atoms with van der Waals surface area (Å²) in [4.78, 5) is 9.99. The number of benzene rings is 2. The lowest BCUT2D eigenvalue weighted by molar-refractivity contribution is -0.384. The molecule has 122 valence electrons. The Hall–Kier alpha value is -1.96. The number of non-ortho nitro benzene ring substituents is 1. The van der Waals surface area contributed by atoms with E-state index >= 15 is 0 Å². The third-order valence-electron chi connectivity index (χ3n) is 3.23. The Labute approximate surface area is 139 Å². The Kier molecular flexibility index (Phi) is 5.70. The standard InChI is InChI=1S/C15H15ClN2O4S/c16-15-6-2-1-4-12(15)5-3-11-17-23(21,22)14-9-7-13(8-10-14)18(19)20/h1-2,4,6-10,17H,3,5,11H2. The van der Waals surface area contributed by atoms with Gasteiger partial charge < -0.3 is 0 Å². The summed E-state index contributed by atoms with van der Waals surface area (Å²) in [6, 6.07) is 12.2. The molecular weight excluding hydrogens is 340 g/mol. The number of rotatable bonds is 7. The predicted molar refractivity (Wildman–Crippen MR) is 88.1 cm³/mol. The van der Waals surface area contributed by atoms with Gasteiger partial charge in [0.25, 0.3) is 5.69 Å². The number of sulfonamides is 1. The van der Waals surface area contributed by atoms with Gasteiger partial charge in [0.15, 0.2) is 0 Å². The molecule has 0 aliphatic carbocycles. The molecule has 2 aromatic rings. The number of hydrogen-bond donors (Lipinski definition) is 1. The van der Waals surface area contributed by atoms with Gasteiger partial charge in [-0.2, -0.15) is 0 Å². The van der Waals surface area contributed by atoms with Crippen LogP contribution in [0, 0.1) is 10.1 Å². The first-order valence-electron chi connectivity index (χ1n) is 6.88. The van der Waals surface area contributed by atoms with Crippen LogP contribution in [0.2, 0.25) is 5.02 Å². The Morgan fingerprint density at radius 2 is 1.74 bits per heavy atom. The molecule has 0 fully saturated rings. The lowest BCUT2D eigenvalue weighted by Crippen LogP contribution is -2.25. The fourth-order valence-corrected chi connectivity index (χ4v) is 3.32. The zero-order valence-corrected chi connectivity index (χ0v) is 13.7. The number of nitro groups is 1. The van der Waals surface area contributed by atoms with Crippen LogP contribution in [0.3, 0.4) is 0 Å². The van der Waals surface area contributed by atoms with E-state index in [0.717, 1.165) is 17.7 Å². The summed E-state index contributed by atoms with van der Waals surface area (Å²) in [5.41, 5.74) is 0.811. The quantitative estimate of drug-likeness (QED) is 0.470. The Balaban J connectivity index is 1.91. The summed E-state index contributed by atoms with van der Waals surface area (Å²) in [5.74, 6) is 0. The largest absolute Gasteiger partial charge is 0.269 e. The maximum atomic E-state index is 12.1. The second-order valence-electron chi connectivity index (χ2n) is 4.84. The van der Waals surface area contributed by atoms with E-state index in [-0.39, 0.29) is 17.1 Å². The van der Waals surface area contributed by atoms with Crippen molar-refractivity contribution in [3.05, 3.63) is 69.2 Å². The lowest BCUT2D eigenvalue weighted by Gasteiger charge is -2.07. The average Bonchev–Trinajstić information content (AvgIpc) is 2.53. The summed E-state index contributed by atoms with van der Waals surface area (Å²) < 4.78 is 26.6. The van der Waals surface area contributed by atoms with Crippen LogP contribution >= 0.6 is 11.6 Å². The summed E-state index contributed by atoms with van der Waals surface area (Å²) in [7, 11) is -3.67. The van der Waals surface area contributed by atoms with Crippen molar-refractivity contribution in [2.75, 3.05) is 6.54 Å². The van der Waals surface area contributed by atoms with Crippen molar-refractivity contribution in [3.8, 4) is 0 Å². The van der Waals surface area contributed by atoms with E-state index < -0.39 is 14.9 Å². The SMILES string of the molecule is O=[N+]([O-])c1ccc(S(=O)(=O)NCCCc2ccccc2Cl)cc1. The molecule has 0 heterocycles. The van der Waals surface area contributed by atoms with Gasteiger partial charge in [0.1, 0.15) is 0 Å². The van der Waals surface area contributed by atoms with Crippen molar-refractivity contribution in [2.24, 2.45) is 0 Å². The van der Waals surface area contributed by atoms with Crippen LogP contribution in [-0.4, -0.2) is 19.9 Å². The lowest BCUT2D eigenvalue weighted by atomic mass is 10.1. The molecule has 0 aromatic heterocycles. The van der Waals surface area contributed by atoms with E-state index in [0.29, 0.717) is 17.9 Å². The first-order chi connectivity index (χ1) is 10.9. The number of nitro benzene ring substituents is 1. The topological polar surface area (TPSA) is 89.3 Å². The highest BCUT2D eigenvalue weighted by Crippen LogP contribution is 2.17. The molecule has 0 amide bonds. The molecule has 0 saturated heterocycles. The van der Waals surface area contributed by atoms with Crippen LogP contribution in [0.1, 0.15) is 12.0 Å². The summed E-state index contributed by atoms with van der Waals surface area (Å²) in [6.45, 7) is 0.255. The molecule has 0 saturated carbocycles. The average molecular weight is 355 g/mol. The third kappa shape index (κ3) is 4.75. The molecule has 8 heteroatoms. The summed E-state index contributed by atoms with van der Waals surface area (Å²) in [5, 5.41) is 11.2. The van der Waals surface area contributed by atoms with Crippen LogP contribution < -0.4 is 4.72 Å². The highest BCUT2D eigenvalue weighted by Gasteiger charge is 2.15. The molecule has 0 spiro atoms. The minimum atomic E-state index is -3.67. The van der Waals surface area contributed by atoms with E-state index in [1.54, 1.807) is 6.07 Å². The number of nitrogens with zero attached hydrogens (tertiary/aromatic N) is 1. The predicted octanol–water partition coefficient (Wildman–Crippen LogP) is 3.16. The summed E-state index contributed by atoms with van der Waals surface area (Å²) in [6.07, 6.45) is 1.25. The Bertz CT molecular complexity index is 791. The van der Waals surface area contributed by atoms with Gasteiger partial charge in [0, 0.05) is 23.7 Å². The van der Waals surface area contributed by atoms with Crippen molar-refractivity contribution in [2.45, 2.75) is 17.7 Å². The van der Waals surface area contributed by atoms with Gasteiger partial charge >= 0.3 is 0 Å². The van der Waals surface area contributed by atoms with Gasteiger partial charge in [-0.05, 0) is 36.6 Å². The van der Waals surface area contributed by atoms with Gasteiger partial charge in [-0.3, -0.25) is 10.1 Å². The molecule has 0 aliphatic rings. The second kappa shape index (κ2) is 7.54. The van der Waals surface area contributed by atoms with Crippen molar-refractivity contribution < 1.29 is 13.3 Å².